The fraction of sp³-hybridized carbons (Fsp3) is 0.545. The average molecular weight is 177 g/mol. The van der Waals surface area contributed by atoms with Gasteiger partial charge in [-0.3, -0.25) is 4.79 Å². The average Bonchev–Trinajstić information content (AvgIpc) is 2.16. The molecule has 2 heteroatoms. The molecule has 0 aliphatic carbocycles. The summed E-state index contributed by atoms with van der Waals surface area (Å²) in [6.07, 6.45) is 8.71. The normalized spacial score (nSPS) is 27.8. The molecule has 0 bridgehead atoms. The van der Waals surface area contributed by atoms with Gasteiger partial charge in [0.1, 0.15) is 0 Å². The molecule has 1 aliphatic rings. The molecule has 1 fully saturated rings. The number of likely N-dealkylation sites (tertiary alicyclic amines) is 1. The molecule has 0 saturated carbocycles. The smallest absolute Gasteiger partial charge is 0.246 e. The van der Waals surface area contributed by atoms with Gasteiger partial charge in [0, 0.05) is 6.54 Å². The molecular formula is C11H15NO. The van der Waals surface area contributed by atoms with Crippen LogP contribution in [-0.4, -0.2) is 23.4 Å². The van der Waals surface area contributed by atoms with Crippen LogP contribution in [0.1, 0.15) is 19.8 Å². The number of piperidine rings is 1. The molecule has 1 aliphatic heterocycles. The Morgan fingerprint density at radius 3 is 2.92 bits per heavy atom. The van der Waals surface area contributed by atoms with Gasteiger partial charge >= 0.3 is 0 Å². The van der Waals surface area contributed by atoms with Crippen LogP contribution < -0.4 is 0 Å². The Morgan fingerprint density at radius 2 is 2.38 bits per heavy atom. The summed E-state index contributed by atoms with van der Waals surface area (Å²) in [4.78, 5) is 13.1. The van der Waals surface area contributed by atoms with E-state index < -0.39 is 0 Å². The maximum atomic E-state index is 11.4. The quantitative estimate of drug-likeness (QED) is 0.438. The summed E-state index contributed by atoms with van der Waals surface area (Å²) < 4.78 is 0. The van der Waals surface area contributed by atoms with E-state index in [9.17, 15) is 4.79 Å². The van der Waals surface area contributed by atoms with E-state index >= 15 is 0 Å². The highest BCUT2D eigenvalue weighted by molar-refractivity contribution is 5.87. The van der Waals surface area contributed by atoms with Crippen LogP contribution in [-0.2, 0) is 4.79 Å². The zero-order valence-corrected chi connectivity index (χ0v) is 7.99. The van der Waals surface area contributed by atoms with E-state index in [4.69, 9.17) is 6.42 Å². The van der Waals surface area contributed by atoms with Crippen molar-refractivity contribution in [2.24, 2.45) is 5.92 Å². The predicted molar refractivity (Wildman–Crippen MR) is 52.9 cm³/mol. The predicted octanol–water partition coefficient (Wildman–Crippen LogP) is 1.43. The van der Waals surface area contributed by atoms with E-state index in [1.54, 1.807) is 4.90 Å². The minimum absolute atomic E-state index is 0.0262. The Hall–Kier alpha value is -1.23. The lowest BCUT2D eigenvalue weighted by molar-refractivity contribution is -0.129. The van der Waals surface area contributed by atoms with Gasteiger partial charge in [-0.2, -0.15) is 0 Å². The molecule has 70 valence electrons. The van der Waals surface area contributed by atoms with Crippen molar-refractivity contribution in [3.8, 4) is 12.3 Å². The molecule has 1 amide bonds. The van der Waals surface area contributed by atoms with Gasteiger partial charge in [-0.1, -0.05) is 19.4 Å². The van der Waals surface area contributed by atoms with E-state index in [-0.39, 0.29) is 11.9 Å². The van der Waals surface area contributed by atoms with Crippen molar-refractivity contribution >= 4 is 5.91 Å². The topological polar surface area (TPSA) is 20.3 Å². The van der Waals surface area contributed by atoms with Gasteiger partial charge in [-0.15, -0.1) is 6.42 Å². The molecule has 2 nitrogen and oxygen atoms in total. The Kier molecular flexibility index (Phi) is 3.13. The van der Waals surface area contributed by atoms with Crippen molar-refractivity contribution in [3.05, 3.63) is 12.7 Å². The second-order valence-corrected chi connectivity index (χ2v) is 3.56. The minimum Gasteiger partial charge on any atom is -0.325 e. The molecule has 0 aromatic rings. The second kappa shape index (κ2) is 4.13. The molecule has 1 rings (SSSR count). The minimum atomic E-state index is -0.0468. The summed E-state index contributed by atoms with van der Waals surface area (Å²) in [7, 11) is 0. The van der Waals surface area contributed by atoms with Crippen LogP contribution in [0.15, 0.2) is 12.7 Å². The van der Waals surface area contributed by atoms with Crippen molar-refractivity contribution in [1.29, 1.82) is 0 Å². The molecule has 0 radical (unpaired) electrons. The van der Waals surface area contributed by atoms with Crippen LogP contribution in [0.5, 0.6) is 0 Å². The van der Waals surface area contributed by atoms with Crippen LogP contribution in [0.2, 0.25) is 0 Å². The zero-order valence-electron chi connectivity index (χ0n) is 7.99. The fourth-order valence-corrected chi connectivity index (χ4v) is 1.69. The molecule has 0 aromatic carbocycles. The van der Waals surface area contributed by atoms with Gasteiger partial charge in [0.2, 0.25) is 5.91 Å². The second-order valence-electron chi connectivity index (χ2n) is 3.56. The third-order valence-electron chi connectivity index (χ3n) is 2.47. The van der Waals surface area contributed by atoms with E-state index in [1.807, 2.05) is 0 Å². The summed E-state index contributed by atoms with van der Waals surface area (Å²) in [5.74, 6) is 3.15. The summed E-state index contributed by atoms with van der Waals surface area (Å²) in [6.45, 7) is 6.37. The first-order valence-electron chi connectivity index (χ1n) is 4.58. The largest absolute Gasteiger partial charge is 0.325 e. The molecule has 0 spiro atoms. The monoisotopic (exact) mass is 177 g/mol. The number of amides is 1. The Morgan fingerprint density at radius 1 is 1.69 bits per heavy atom. The number of nitrogens with zero attached hydrogens (tertiary/aromatic N) is 1. The van der Waals surface area contributed by atoms with Crippen LogP contribution in [0, 0.1) is 18.3 Å². The van der Waals surface area contributed by atoms with E-state index in [2.05, 4.69) is 19.4 Å². The van der Waals surface area contributed by atoms with Crippen molar-refractivity contribution < 1.29 is 4.79 Å². The van der Waals surface area contributed by atoms with Crippen LogP contribution in [0.4, 0.5) is 0 Å². The summed E-state index contributed by atoms with van der Waals surface area (Å²) >= 11 is 0. The van der Waals surface area contributed by atoms with Crippen LogP contribution >= 0.6 is 0 Å². The molecule has 13 heavy (non-hydrogen) atoms. The van der Waals surface area contributed by atoms with E-state index in [0.29, 0.717) is 5.92 Å². The molecule has 0 N–H and O–H groups in total. The number of carbonyl (C=O) groups is 1. The van der Waals surface area contributed by atoms with Crippen molar-refractivity contribution in [2.45, 2.75) is 25.8 Å². The lowest BCUT2D eigenvalue weighted by Gasteiger charge is -2.35. The number of carbonyl (C=O) groups excluding carboxylic acids is 1. The van der Waals surface area contributed by atoms with E-state index in [0.717, 1.165) is 19.4 Å². The van der Waals surface area contributed by atoms with Gasteiger partial charge in [-0.25, -0.2) is 0 Å². The Bertz CT molecular complexity index is 251. The third kappa shape index (κ3) is 2.12. The molecular weight excluding hydrogens is 162 g/mol. The van der Waals surface area contributed by atoms with Gasteiger partial charge in [0.25, 0.3) is 0 Å². The van der Waals surface area contributed by atoms with Crippen molar-refractivity contribution in [2.75, 3.05) is 6.54 Å². The summed E-state index contributed by atoms with van der Waals surface area (Å²) in [5, 5.41) is 0. The standard InChI is InChI=1S/C11H15NO/c1-4-10-7-6-9(3)8-12(10)11(13)5-2/h1,5,9-10H,2,6-8H2,3H3/t9-,10-/m1/s1. The van der Waals surface area contributed by atoms with Gasteiger partial charge in [0.15, 0.2) is 0 Å². The van der Waals surface area contributed by atoms with Crippen molar-refractivity contribution in [3.63, 3.8) is 0 Å². The fourth-order valence-electron chi connectivity index (χ4n) is 1.69. The molecule has 1 heterocycles. The molecule has 0 aromatic heterocycles. The number of rotatable bonds is 1. The van der Waals surface area contributed by atoms with E-state index in [1.165, 1.54) is 6.08 Å². The summed E-state index contributed by atoms with van der Waals surface area (Å²) in [5.41, 5.74) is 0. The number of terminal acetylenes is 1. The van der Waals surface area contributed by atoms with Gasteiger partial charge < -0.3 is 4.90 Å². The Labute approximate surface area is 79.6 Å². The van der Waals surface area contributed by atoms with Crippen LogP contribution in [0.25, 0.3) is 0 Å². The lowest BCUT2D eigenvalue weighted by Crippen LogP contribution is -2.44. The molecule has 1 saturated heterocycles. The Balaban J connectivity index is 2.71. The SMILES string of the molecule is C#C[C@@H]1CC[C@@H](C)CN1C(=O)C=C. The van der Waals surface area contributed by atoms with Gasteiger partial charge in [0.05, 0.1) is 6.04 Å². The summed E-state index contributed by atoms with van der Waals surface area (Å²) in [6, 6.07) is -0.0262. The maximum Gasteiger partial charge on any atom is 0.246 e. The highest BCUT2D eigenvalue weighted by Crippen LogP contribution is 2.21. The van der Waals surface area contributed by atoms with Crippen molar-refractivity contribution in [1.82, 2.24) is 4.90 Å². The van der Waals surface area contributed by atoms with Crippen LogP contribution in [0.3, 0.4) is 0 Å². The highest BCUT2D eigenvalue weighted by atomic mass is 16.2. The van der Waals surface area contributed by atoms with Gasteiger partial charge in [-0.05, 0) is 24.8 Å². The lowest BCUT2D eigenvalue weighted by atomic mass is 9.94. The maximum absolute atomic E-state index is 11.4. The molecule has 0 unspecified atom stereocenters. The number of hydrogen-bond donors (Lipinski definition) is 0. The first-order valence-corrected chi connectivity index (χ1v) is 4.58. The molecule has 2 atom stereocenters. The highest BCUT2D eigenvalue weighted by Gasteiger charge is 2.26. The first kappa shape index (κ1) is 9.85. The number of hydrogen-bond acceptors (Lipinski definition) is 1. The first-order chi connectivity index (χ1) is 6.19. The zero-order chi connectivity index (χ0) is 9.84. The third-order valence-corrected chi connectivity index (χ3v) is 2.47.